The maximum absolute atomic E-state index is 4.74. The van der Waals surface area contributed by atoms with Crippen LogP contribution in [-0.2, 0) is 6.54 Å². The molecule has 0 atom stereocenters. The van der Waals surface area contributed by atoms with E-state index in [2.05, 4.69) is 44.2 Å². The Balaban J connectivity index is 1.52. The Hall–Kier alpha value is -3.02. The number of hydrogen-bond donors (Lipinski definition) is 1. The van der Waals surface area contributed by atoms with Gasteiger partial charge in [0.15, 0.2) is 5.82 Å². The van der Waals surface area contributed by atoms with E-state index in [4.69, 9.17) is 4.98 Å². The monoisotopic (exact) mass is 374 g/mol. The van der Waals surface area contributed by atoms with E-state index in [-0.39, 0.29) is 0 Å². The fourth-order valence-corrected chi connectivity index (χ4v) is 3.48. The number of nitrogens with one attached hydrogen (secondary N) is 1. The van der Waals surface area contributed by atoms with Crippen LogP contribution in [0.15, 0.2) is 42.9 Å². The summed E-state index contributed by atoms with van der Waals surface area (Å²) in [6.07, 6.45) is 9.28. The van der Waals surface area contributed by atoms with E-state index >= 15 is 0 Å². The van der Waals surface area contributed by atoms with Crippen molar-refractivity contribution in [1.82, 2.24) is 19.9 Å². The summed E-state index contributed by atoms with van der Waals surface area (Å²) in [6.45, 7) is 6.97. The molecule has 3 aromatic heterocycles. The molecule has 6 nitrogen and oxygen atoms in total. The molecule has 28 heavy (non-hydrogen) atoms. The van der Waals surface area contributed by atoms with Gasteiger partial charge in [-0.1, -0.05) is 0 Å². The number of aryl methyl sites for hydroxylation is 1. The Morgan fingerprint density at radius 1 is 1.04 bits per heavy atom. The molecule has 0 spiro atoms. The molecule has 6 heteroatoms. The lowest BCUT2D eigenvalue weighted by atomic mass is 10.1. The normalized spacial score (nSPS) is 14.1. The van der Waals surface area contributed by atoms with Crippen molar-refractivity contribution in [2.75, 3.05) is 23.3 Å². The summed E-state index contributed by atoms with van der Waals surface area (Å²) in [6, 6.07) is 8.13. The predicted molar refractivity (Wildman–Crippen MR) is 112 cm³/mol. The first-order valence-corrected chi connectivity index (χ1v) is 9.90. The Bertz CT molecular complexity index is 935. The molecule has 0 saturated carbocycles. The van der Waals surface area contributed by atoms with Gasteiger partial charge in [-0.05, 0) is 62.9 Å². The third kappa shape index (κ3) is 4.11. The number of aromatic nitrogens is 4. The smallest absolute Gasteiger partial charge is 0.163 e. The predicted octanol–water partition coefficient (Wildman–Crippen LogP) is 4.15. The van der Waals surface area contributed by atoms with E-state index in [9.17, 15) is 0 Å². The molecule has 1 fully saturated rings. The van der Waals surface area contributed by atoms with Gasteiger partial charge >= 0.3 is 0 Å². The second-order valence-electron chi connectivity index (χ2n) is 7.27. The summed E-state index contributed by atoms with van der Waals surface area (Å²) >= 11 is 0. The zero-order chi connectivity index (χ0) is 19.3. The van der Waals surface area contributed by atoms with Crippen molar-refractivity contribution in [3.8, 4) is 11.4 Å². The van der Waals surface area contributed by atoms with E-state index in [1.54, 1.807) is 12.4 Å². The molecule has 0 radical (unpaired) electrons. The number of pyridine rings is 2. The molecule has 0 bridgehead atoms. The minimum Gasteiger partial charge on any atom is -0.366 e. The molecule has 1 saturated heterocycles. The highest BCUT2D eigenvalue weighted by Gasteiger charge is 2.13. The van der Waals surface area contributed by atoms with Gasteiger partial charge in [-0.25, -0.2) is 15.0 Å². The standard InChI is InChI=1S/C22H26N6/c1-16-17(2)26-22(19-7-6-9-23-15-19)27-21(16)25-14-18-8-10-24-20(13-18)28-11-4-3-5-12-28/h6-10,13,15H,3-5,11-12,14H2,1-2H3,(H,25,26,27). The van der Waals surface area contributed by atoms with Gasteiger partial charge in [0.25, 0.3) is 0 Å². The molecule has 0 aromatic carbocycles. The quantitative estimate of drug-likeness (QED) is 0.723. The van der Waals surface area contributed by atoms with Crippen molar-refractivity contribution in [1.29, 1.82) is 0 Å². The van der Waals surface area contributed by atoms with Gasteiger partial charge in [0.2, 0.25) is 0 Å². The molecular formula is C22H26N6. The molecule has 1 aliphatic rings. The second-order valence-corrected chi connectivity index (χ2v) is 7.27. The molecule has 3 aromatic rings. The maximum atomic E-state index is 4.74. The van der Waals surface area contributed by atoms with Crippen LogP contribution in [0.25, 0.3) is 11.4 Å². The Morgan fingerprint density at radius 2 is 1.89 bits per heavy atom. The maximum Gasteiger partial charge on any atom is 0.163 e. The first-order valence-electron chi connectivity index (χ1n) is 9.90. The molecular weight excluding hydrogens is 348 g/mol. The Morgan fingerprint density at radius 3 is 2.68 bits per heavy atom. The SMILES string of the molecule is Cc1nc(-c2cccnc2)nc(NCc2ccnc(N3CCCCC3)c2)c1C. The van der Waals surface area contributed by atoms with Crippen molar-refractivity contribution < 1.29 is 0 Å². The van der Waals surface area contributed by atoms with Crippen LogP contribution in [0.3, 0.4) is 0 Å². The first kappa shape index (κ1) is 18.3. The van der Waals surface area contributed by atoms with E-state index in [0.717, 1.165) is 41.5 Å². The molecule has 0 amide bonds. The largest absolute Gasteiger partial charge is 0.366 e. The van der Waals surface area contributed by atoms with Crippen LogP contribution >= 0.6 is 0 Å². The van der Waals surface area contributed by atoms with Gasteiger partial charge < -0.3 is 10.2 Å². The van der Waals surface area contributed by atoms with Gasteiger partial charge in [-0.3, -0.25) is 4.98 Å². The lowest BCUT2D eigenvalue weighted by Crippen LogP contribution is -2.30. The van der Waals surface area contributed by atoms with Crippen LogP contribution in [0.2, 0.25) is 0 Å². The average Bonchev–Trinajstić information content (AvgIpc) is 2.76. The van der Waals surface area contributed by atoms with E-state index < -0.39 is 0 Å². The van der Waals surface area contributed by atoms with Crippen LogP contribution in [0.5, 0.6) is 0 Å². The van der Waals surface area contributed by atoms with Crippen LogP contribution in [0.4, 0.5) is 11.6 Å². The molecule has 1 aliphatic heterocycles. The highest BCUT2D eigenvalue weighted by atomic mass is 15.2. The Kier molecular flexibility index (Phi) is 5.46. The van der Waals surface area contributed by atoms with Crippen LogP contribution in [0, 0.1) is 13.8 Å². The lowest BCUT2D eigenvalue weighted by molar-refractivity contribution is 0.573. The number of piperidine rings is 1. The van der Waals surface area contributed by atoms with E-state index in [1.807, 2.05) is 25.3 Å². The van der Waals surface area contributed by atoms with Gasteiger partial charge in [0.05, 0.1) is 0 Å². The van der Waals surface area contributed by atoms with Gasteiger partial charge in [-0.15, -0.1) is 0 Å². The number of nitrogens with zero attached hydrogens (tertiary/aromatic N) is 5. The highest BCUT2D eigenvalue weighted by molar-refractivity contribution is 5.58. The summed E-state index contributed by atoms with van der Waals surface area (Å²) in [5.74, 6) is 2.63. The van der Waals surface area contributed by atoms with Gasteiger partial charge in [0, 0.05) is 55.0 Å². The summed E-state index contributed by atoms with van der Waals surface area (Å²) in [7, 11) is 0. The molecule has 4 heterocycles. The van der Waals surface area contributed by atoms with E-state index in [1.165, 1.54) is 24.8 Å². The zero-order valence-electron chi connectivity index (χ0n) is 16.5. The highest BCUT2D eigenvalue weighted by Crippen LogP contribution is 2.23. The number of rotatable bonds is 5. The summed E-state index contributed by atoms with van der Waals surface area (Å²) in [4.78, 5) is 20.5. The van der Waals surface area contributed by atoms with Gasteiger partial charge in [-0.2, -0.15) is 0 Å². The first-order chi connectivity index (χ1) is 13.7. The summed E-state index contributed by atoms with van der Waals surface area (Å²) in [5, 5.41) is 3.49. The minimum atomic E-state index is 0.697. The van der Waals surface area contributed by atoms with Crippen molar-refractivity contribution in [3.63, 3.8) is 0 Å². The van der Waals surface area contributed by atoms with Crippen LogP contribution in [-0.4, -0.2) is 33.0 Å². The lowest BCUT2D eigenvalue weighted by Gasteiger charge is -2.28. The number of anilines is 2. The zero-order valence-corrected chi connectivity index (χ0v) is 16.5. The topological polar surface area (TPSA) is 66.8 Å². The average molecular weight is 374 g/mol. The molecule has 4 rings (SSSR count). The van der Waals surface area contributed by atoms with Crippen molar-refractivity contribution >= 4 is 11.6 Å². The molecule has 1 N–H and O–H groups in total. The van der Waals surface area contributed by atoms with E-state index in [0.29, 0.717) is 12.4 Å². The van der Waals surface area contributed by atoms with Crippen molar-refractivity contribution in [3.05, 3.63) is 59.7 Å². The van der Waals surface area contributed by atoms with Gasteiger partial charge in [0.1, 0.15) is 11.6 Å². The third-order valence-corrected chi connectivity index (χ3v) is 5.26. The van der Waals surface area contributed by atoms with Crippen LogP contribution in [0.1, 0.15) is 36.1 Å². The van der Waals surface area contributed by atoms with Crippen LogP contribution < -0.4 is 10.2 Å². The Labute approximate surface area is 166 Å². The molecule has 0 unspecified atom stereocenters. The minimum absolute atomic E-state index is 0.697. The fraction of sp³-hybridized carbons (Fsp3) is 0.364. The fourth-order valence-electron chi connectivity index (χ4n) is 3.48. The summed E-state index contributed by atoms with van der Waals surface area (Å²) < 4.78 is 0. The summed E-state index contributed by atoms with van der Waals surface area (Å²) in [5.41, 5.74) is 4.16. The van der Waals surface area contributed by atoms with Crippen molar-refractivity contribution in [2.24, 2.45) is 0 Å². The molecule has 0 aliphatic carbocycles. The second kappa shape index (κ2) is 8.33. The molecule has 144 valence electrons. The number of hydrogen-bond acceptors (Lipinski definition) is 6. The third-order valence-electron chi connectivity index (χ3n) is 5.26. The van der Waals surface area contributed by atoms with Crippen molar-refractivity contribution in [2.45, 2.75) is 39.7 Å².